The third kappa shape index (κ3) is 6.91. The van der Waals surface area contributed by atoms with Crippen LogP contribution in [0.5, 0.6) is 23.0 Å². The quantitative estimate of drug-likeness (QED) is 0.355. The zero-order valence-corrected chi connectivity index (χ0v) is 21.1. The lowest BCUT2D eigenvalue weighted by molar-refractivity contribution is -0.116. The Hall–Kier alpha value is -4.20. The Balaban J connectivity index is 1.77. The number of amides is 2. The Morgan fingerprint density at radius 1 is 0.722 bits per heavy atom. The summed E-state index contributed by atoms with van der Waals surface area (Å²) < 4.78 is 22.1. The van der Waals surface area contributed by atoms with Gasteiger partial charge in [0.2, 0.25) is 5.91 Å². The molecule has 2 amide bonds. The zero-order valence-electron chi connectivity index (χ0n) is 21.1. The lowest BCUT2D eigenvalue weighted by atomic mass is 10.1. The fraction of sp³-hybridized carbons (Fsp3) is 0.286. The number of carbonyl (C=O) groups is 2. The predicted octanol–water partition coefficient (Wildman–Crippen LogP) is 5.32. The third-order valence-corrected chi connectivity index (χ3v) is 5.33. The molecule has 3 aromatic carbocycles. The number of rotatable bonds is 12. The molecule has 0 aliphatic heterocycles. The Morgan fingerprint density at radius 3 is 1.92 bits per heavy atom. The van der Waals surface area contributed by atoms with Gasteiger partial charge in [0.25, 0.3) is 5.91 Å². The van der Waals surface area contributed by atoms with Crippen molar-refractivity contribution in [2.45, 2.75) is 26.7 Å². The van der Waals surface area contributed by atoms with E-state index >= 15 is 0 Å². The average Bonchev–Trinajstić information content (AvgIpc) is 2.90. The first-order valence-corrected chi connectivity index (χ1v) is 11.8. The predicted molar refractivity (Wildman–Crippen MR) is 140 cm³/mol. The zero-order chi connectivity index (χ0) is 25.9. The van der Waals surface area contributed by atoms with E-state index in [0.29, 0.717) is 59.6 Å². The Bertz CT molecular complexity index is 1180. The molecule has 0 atom stereocenters. The van der Waals surface area contributed by atoms with Gasteiger partial charge in [0.05, 0.1) is 38.8 Å². The number of ether oxygens (including phenoxy) is 4. The molecule has 2 N–H and O–H groups in total. The Kier molecular flexibility index (Phi) is 9.56. The maximum atomic E-state index is 12.8. The second-order valence-electron chi connectivity index (χ2n) is 7.77. The largest absolute Gasteiger partial charge is 0.493 e. The molecular formula is C28H32N2O6. The number of hydrogen-bond donors (Lipinski definition) is 2. The number of aryl methyl sites for hydroxylation is 1. The molecular weight excluding hydrogens is 460 g/mol. The molecule has 0 saturated carbocycles. The van der Waals surface area contributed by atoms with Gasteiger partial charge in [-0.05, 0) is 50.1 Å². The number of nitrogens with one attached hydrogen (secondary N) is 2. The summed E-state index contributed by atoms with van der Waals surface area (Å²) in [6, 6.07) is 17.8. The van der Waals surface area contributed by atoms with Crippen molar-refractivity contribution in [2.24, 2.45) is 0 Å². The minimum Gasteiger partial charge on any atom is -0.493 e. The van der Waals surface area contributed by atoms with Gasteiger partial charge in [0.1, 0.15) is 11.5 Å². The molecule has 0 aliphatic carbocycles. The average molecular weight is 493 g/mol. The lowest BCUT2D eigenvalue weighted by Gasteiger charge is -2.18. The summed E-state index contributed by atoms with van der Waals surface area (Å²) >= 11 is 0. The van der Waals surface area contributed by atoms with Crippen LogP contribution in [-0.2, 0) is 11.2 Å². The van der Waals surface area contributed by atoms with Crippen LogP contribution in [0.15, 0.2) is 60.7 Å². The van der Waals surface area contributed by atoms with E-state index in [2.05, 4.69) is 10.6 Å². The number of benzene rings is 3. The van der Waals surface area contributed by atoms with Crippen molar-refractivity contribution in [2.75, 3.05) is 38.1 Å². The van der Waals surface area contributed by atoms with Crippen LogP contribution in [0.1, 0.15) is 36.2 Å². The molecule has 0 fully saturated rings. The Morgan fingerprint density at radius 2 is 1.33 bits per heavy atom. The summed E-state index contributed by atoms with van der Waals surface area (Å²) in [5, 5.41) is 5.79. The van der Waals surface area contributed by atoms with Crippen molar-refractivity contribution in [1.29, 1.82) is 0 Å². The van der Waals surface area contributed by atoms with E-state index < -0.39 is 0 Å². The molecule has 3 aromatic rings. The van der Waals surface area contributed by atoms with Crippen LogP contribution in [0, 0.1) is 0 Å². The lowest BCUT2D eigenvalue weighted by Crippen LogP contribution is -2.16. The van der Waals surface area contributed by atoms with Crippen molar-refractivity contribution < 1.29 is 28.5 Å². The van der Waals surface area contributed by atoms with Crippen LogP contribution in [0.25, 0.3) is 0 Å². The van der Waals surface area contributed by atoms with Crippen molar-refractivity contribution in [1.82, 2.24) is 0 Å². The first-order valence-electron chi connectivity index (χ1n) is 11.8. The number of hydrogen-bond acceptors (Lipinski definition) is 6. The molecule has 8 nitrogen and oxygen atoms in total. The van der Waals surface area contributed by atoms with E-state index in [9.17, 15) is 9.59 Å². The highest BCUT2D eigenvalue weighted by Crippen LogP contribution is 2.37. The van der Waals surface area contributed by atoms with Crippen LogP contribution in [0.2, 0.25) is 0 Å². The molecule has 0 bridgehead atoms. The molecule has 8 heteroatoms. The van der Waals surface area contributed by atoms with E-state index in [1.54, 1.807) is 50.6 Å². The van der Waals surface area contributed by atoms with Crippen LogP contribution >= 0.6 is 0 Å². The highest BCUT2D eigenvalue weighted by Gasteiger charge is 2.17. The van der Waals surface area contributed by atoms with Gasteiger partial charge in [-0.2, -0.15) is 0 Å². The summed E-state index contributed by atoms with van der Waals surface area (Å²) in [6.45, 7) is 4.46. The van der Waals surface area contributed by atoms with Crippen molar-refractivity contribution in [3.63, 3.8) is 0 Å². The van der Waals surface area contributed by atoms with Crippen molar-refractivity contribution in [3.8, 4) is 23.0 Å². The van der Waals surface area contributed by atoms with Crippen LogP contribution in [0.3, 0.4) is 0 Å². The summed E-state index contributed by atoms with van der Waals surface area (Å²) in [4.78, 5) is 25.5. The first kappa shape index (κ1) is 26.4. The number of anilines is 2. The highest BCUT2D eigenvalue weighted by atomic mass is 16.5. The smallest absolute Gasteiger partial charge is 0.255 e. The molecule has 0 spiro atoms. The third-order valence-electron chi connectivity index (χ3n) is 5.33. The van der Waals surface area contributed by atoms with Gasteiger partial charge in [-0.15, -0.1) is 0 Å². The number of carbonyl (C=O) groups excluding carboxylic acids is 2. The summed E-state index contributed by atoms with van der Waals surface area (Å²) in [7, 11) is 3.15. The SMILES string of the molecule is CCOc1cc(NC(=O)c2ccccc2)c(OCC)cc1NC(=O)CCc1ccc(OC)c(OC)c1. The van der Waals surface area contributed by atoms with Gasteiger partial charge in [-0.3, -0.25) is 9.59 Å². The molecule has 0 aliphatic rings. The van der Waals surface area contributed by atoms with E-state index in [4.69, 9.17) is 18.9 Å². The van der Waals surface area contributed by atoms with Gasteiger partial charge >= 0.3 is 0 Å². The van der Waals surface area contributed by atoms with Crippen molar-refractivity contribution >= 4 is 23.2 Å². The monoisotopic (exact) mass is 492 g/mol. The molecule has 0 radical (unpaired) electrons. The minimum absolute atomic E-state index is 0.186. The second-order valence-corrected chi connectivity index (χ2v) is 7.77. The molecule has 0 heterocycles. The van der Waals surface area contributed by atoms with Gasteiger partial charge in [0.15, 0.2) is 11.5 Å². The summed E-state index contributed by atoms with van der Waals surface area (Å²) in [5.74, 6) is 1.66. The topological polar surface area (TPSA) is 95.1 Å². The minimum atomic E-state index is -0.272. The van der Waals surface area contributed by atoms with Gasteiger partial charge in [-0.1, -0.05) is 24.3 Å². The van der Waals surface area contributed by atoms with E-state index in [1.165, 1.54) is 0 Å². The molecule has 0 aromatic heterocycles. The maximum Gasteiger partial charge on any atom is 0.255 e. The molecule has 36 heavy (non-hydrogen) atoms. The summed E-state index contributed by atoms with van der Waals surface area (Å²) in [6.07, 6.45) is 0.761. The summed E-state index contributed by atoms with van der Waals surface area (Å²) in [5.41, 5.74) is 2.39. The van der Waals surface area contributed by atoms with E-state index in [-0.39, 0.29) is 18.2 Å². The molecule has 190 valence electrons. The fourth-order valence-electron chi connectivity index (χ4n) is 3.60. The number of methoxy groups -OCH3 is 2. The van der Waals surface area contributed by atoms with Crippen LogP contribution in [0.4, 0.5) is 11.4 Å². The van der Waals surface area contributed by atoms with Crippen LogP contribution in [-0.4, -0.2) is 39.2 Å². The van der Waals surface area contributed by atoms with E-state index in [0.717, 1.165) is 5.56 Å². The van der Waals surface area contributed by atoms with Gasteiger partial charge in [-0.25, -0.2) is 0 Å². The van der Waals surface area contributed by atoms with Gasteiger partial charge in [0, 0.05) is 24.1 Å². The Labute approximate surface area is 211 Å². The highest BCUT2D eigenvalue weighted by molar-refractivity contribution is 6.05. The normalized spacial score (nSPS) is 10.3. The van der Waals surface area contributed by atoms with Crippen molar-refractivity contribution in [3.05, 3.63) is 71.8 Å². The van der Waals surface area contributed by atoms with E-state index in [1.807, 2.05) is 38.1 Å². The standard InChI is InChI=1S/C28H32N2O6/c1-5-35-24-18-22(30-28(32)20-10-8-7-9-11-20)25(36-6-2)17-21(24)29-27(31)15-13-19-12-14-23(33-3)26(16-19)34-4/h7-12,14,16-18H,5-6,13,15H2,1-4H3,(H,29,31)(H,30,32). The first-order chi connectivity index (χ1) is 17.5. The van der Waals surface area contributed by atoms with Crippen LogP contribution < -0.4 is 29.6 Å². The maximum absolute atomic E-state index is 12.8. The second kappa shape index (κ2) is 13.0. The van der Waals surface area contributed by atoms with Gasteiger partial charge < -0.3 is 29.6 Å². The molecule has 0 saturated heterocycles. The molecule has 0 unspecified atom stereocenters. The fourth-order valence-corrected chi connectivity index (χ4v) is 3.60. The molecule has 3 rings (SSSR count).